The van der Waals surface area contributed by atoms with Crippen LogP contribution in [0.15, 0.2) is 48.7 Å². The van der Waals surface area contributed by atoms with Crippen LogP contribution < -0.4 is 9.64 Å². The lowest BCUT2D eigenvalue weighted by Gasteiger charge is -2.35. The van der Waals surface area contributed by atoms with Crippen molar-refractivity contribution in [3.63, 3.8) is 0 Å². The first-order chi connectivity index (χ1) is 17.3. The number of ether oxygens (including phenoxy) is 2. The van der Waals surface area contributed by atoms with Crippen LogP contribution in [-0.4, -0.2) is 50.8 Å². The number of anilines is 1. The second-order valence-electron chi connectivity index (χ2n) is 9.67. The van der Waals surface area contributed by atoms with Gasteiger partial charge in [0.15, 0.2) is 11.4 Å². The molecule has 8 nitrogen and oxygen atoms in total. The minimum atomic E-state index is 0.0723. The number of aromatic nitrogens is 4. The molecule has 1 saturated heterocycles. The molecule has 0 saturated carbocycles. The second kappa shape index (κ2) is 9.70. The minimum absolute atomic E-state index is 0.0723. The van der Waals surface area contributed by atoms with Crippen molar-refractivity contribution >= 4 is 22.8 Å². The van der Waals surface area contributed by atoms with Crippen molar-refractivity contribution in [3.8, 4) is 11.6 Å². The van der Waals surface area contributed by atoms with Gasteiger partial charge in [-0.2, -0.15) is 15.1 Å². The summed E-state index contributed by atoms with van der Waals surface area (Å²) in [6.07, 6.45) is 2.17. The molecule has 0 aliphatic carbocycles. The zero-order valence-corrected chi connectivity index (χ0v) is 21.4. The molecule has 2 aromatic heterocycles. The van der Waals surface area contributed by atoms with Gasteiger partial charge in [0, 0.05) is 32.1 Å². The van der Waals surface area contributed by atoms with Crippen molar-refractivity contribution in [1.82, 2.24) is 19.7 Å². The van der Waals surface area contributed by atoms with E-state index in [1.165, 1.54) is 0 Å². The summed E-state index contributed by atoms with van der Waals surface area (Å²) in [6, 6.07) is 13.5. The molecular weight excluding hydrogens is 454 g/mol. The Bertz CT molecular complexity index is 1420. The topological polar surface area (TPSA) is 82.4 Å². The van der Waals surface area contributed by atoms with Crippen LogP contribution in [0.25, 0.3) is 11.0 Å². The van der Waals surface area contributed by atoms with E-state index in [1.54, 1.807) is 10.9 Å². The van der Waals surface area contributed by atoms with E-state index in [9.17, 15) is 4.79 Å². The van der Waals surface area contributed by atoms with Crippen LogP contribution in [0.1, 0.15) is 40.9 Å². The predicted molar refractivity (Wildman–Crippen MR) is 139 cm³/mol. The molecule has 186 valence electrons. The van der Waals surface area contributed by atoms with Crippen molar-refractivity contribution in [2.45, 2.75) is 46.3 Å². The van der Waals surface area contributed by atoms with Crippen molar-refractivity contribution in [1.29, 1.82) is 0 Å². The Kier molecular flexibility index (Phi) is 6.45. The highest BCUT2D eigenvalue weighted by molar-refractivity contribution is 5.97. The number of carbonyl (C=O) groups is 1. The standard InChI is InChI=1S/C28H31N5O3/c1-17-7-6-8-22(11-17)24(34)12-21-10-9-18(2)25(13-21)36-27-23-14-29-32(5)26(23)30-28(31-27)33-15-19(3)35-20(4)16-33/h6-11,13-14,19-20H,12,15-16H2,1-5H3. The van der Waals surface area contributed by atoms with Crippen LogP contribution in [0.3, 0.4) is 0 Å². The normalized spacial score (nSPS) is 18.0. The Balaban J connectivity index is 1.46. The van der Waals surface area contributed by atoms with Crippen molar-refractivity contribution in [2.75, 3.05) is 18.0 Å². The van der Waals surface area contributed by atoms with E-state index >= 15 is 0 Å². The van der Waals surface area contributed by atoms with E-state index < -0.39 is 0 Å². The highest BCUT2D eigenvalue weighted by Gasteiger charge is 2.26. The molecule has 3 heterocycles. The molecule has 36 heavy (non-hydrogen) atoms. The fourth-order valence-corrected chi connectivity index (χ4v) is 4.62. The Morgan fingerprint density at radius 3 is 2.61 bits per heavy atom. The summed E-state index contributed by atoms with van der Waals surface area (Å²) in [5.41, 5.74) is 4.31. The third-order valence-corrected chi connectivity index (χ3v) is 6.41. The predicted octanol–water partition coefficient (Wildman–Crippen LogP) is 4.81. The van der Waals surface area contributed by atoms with Crippen LogP contribution >= 0.6 is 0 Å². The SMILES string of the molecule is Cc1cccc(C(=O)Cc2ccc(C)c(Oc3nc(N4CC(C)OC(C)C4)nc4c3cnn4C)c2)c1. The molecule has 1 aliphatic rings. The average Bonchev–Trinajstić information content (AvgIpc) is 3.21. The number of benzene rings is 2. The van der Waals surface area contributed by atoms with Gasteiger partial charge in [0.1, 0.15) is 11.1 Å². The van der Waals surface area contributed by atoms with Gasteiger partial charge in [-0.3, -0.25) is 9.48 Å². The van der Waals surface area contributed by atoms with Gasteiger partial charge in [0.05, 0.1) is 18.4 Å². The number of aryl methyl sites for hydroxylation is 3. The van der Waals surface area contributed by atoms with Crippen LogP contribution in [0.4, 0.5) is 5.95 Å². The van der Waals surface area contributed by atoms with Crippen LogP contribution in [0.2, 0.25) is 0 Å². The van der Waals surface area contributed by atoms with Gasteiger partial charge in [-0.05, 0) is 51.0 Å². The molecule has 2 atom stereocenters. The summed E-state index contributed by atoms with van der Waals surface area (Å²) in [5, 5.41) is 5.11. The Labute approximate surface area is 210 Å². The maximum absolute atomic E-state index is 12.9. The summed E-state index contributed by atoms with van der Waals surface area (Å²) in [7, 11) is 1.86. The monoisotopic (exact) mass is 485 g/mol. The molecule has 0 radical (unpaired) electrons. The number of morpholine rings is 1. The maximum atomic E-state index is 12.9. The van der Waals surface area contributed by atoms with Gasteiger partial charge in [-0.25, -0.2) is 0 Å². The molecule has 8 heteroatoms. The van der Waals surface area contributed by atoms with Gasteiger partial charge in [0.2, 0.25) is 11.8 Å². The Hall–Kier alpha value is -3.78. The fraction of sp³-hybridized carbons (Fsp3) is 0.357. The van der Waals surface area contributed by atoms with Gasteiger partial charge in [-0.1, -0.05) is 35.9 Å². The molecule has 0 N–H and O–H groups in total. The van der Waals surface area contributed by atoms with E-state index in [2.05, 4.69) is 23.8 Å². The molecule has 1 aliphatic heterocycles. The van der Waals surface area contributed by atoms with E-state index in [4.69, 9.17) is 19.4 Å². The Morgan fingerprint density at radius 1 is 1.08 bits per heavy atom. The lowest BCUT2D eigenvalue weighted by molar-refractivity contribution is -0.00573. The highest BCUT2D eigenvalue weighted by atomic mass is 16.5. The molecule has 0 spiro atoms. The van der Waals surface area contributed by atoms with Gasteiger partial charge >= 0.3 is 0 Å². The number of fused-ring (bicyclic) bond motifs is 1. The first-order valence-corrected chi connectivity index (χ1v) is 12.2. The minimum Gasteiger partial charge on any atom is -0.438 e. The molecule has 2 aromatic carbocycles. The second-order valence-corrected chi connectivity index (χ2v) is 9.67. The first-order valence-electron chi connectivity index (χ1n) is 12.2. The summed E-state index contributed by atoms with van der Waals surface area (Å²) < 4.78 is 14.0. The van der Waals surface area contributed by atoms with E-state index in [0.29, 0.717) is 48.3 Å². The summed E-state index contributed by atoms with van der Waals surface area (Å²) in [5.74, 6) is 1.76. The maximum Gasteiger partial charge on any atom is 0.235 e. The zero-order chi connectivity index (χ0) is 25.4. The summed E-state index contributed by atoms with van der Waals surface area (Å²) >= 11 is 0. The van der Waals surface area contributed by atoms with Crippen LogP contribution in [0.5, 0.6) is 11.6 Å². The average molecular weight is 486 g/mol. The molecule has 5 rings (SSSR count). The van der Waals surface area contributed by atoms with Gasteiger partial charge in [-0.15, -0.1) is 0 Å². The highest BCUT2D eigenvalue weighted by Crippen LogP contribution is 2.32. The van der Waals surface area contributed by atoms with E-state index in [0.717, 1.165) is 22.1 Å². The number of nitrogens with zero attached hydrogens (tertiary/aromatic N) is 5. The third-order valence-electron chi connectivity index (χ3n) is 6.41. The first kappa shape index (κ1) is 23.9. The zero-order valence-electron chi connectivity index (χ0n) is 21.4. The number of ketones is 1. The van der Waals surface area contributed by atoms with E-state index in [-0.39, 0.29) is 18.0 Å². The third kappa shape index (κ3) is 4.95. The number of hydrogen-bond donors (Lipinski definition) is 0. The van der Waals surface area contributed by atoms with Crippen molar-refractivity contribution in [2.24, 2.45) is 7.05 Å². The van der Waals surface area contributed by atoms with Crippen LogP contribution in [-0.2, 0) is 18.2 Å². The number of hydrogen-bond acceptors (Lipinski definition) is 7. The van der Waals surface area contributed by atoms with Crippen LogP contribution in [0, 0.1) is 13.8 Å². The molecule has 4 aromatic rings. The van der Waals surface area contributed by atoms with Gasteiger partial charge < -0.3 is 14.4 Å². The lowest BCUT2D eigenvalue weighted by atomic mass is 10.0. The quantitative estimate of drug-likeness (QED) is 0.363. The van der Waals surface area contributed by atoms with E-state index in [1.807, 2.05) is 63.4 Å². The molecule has 0 bridgehead atoms. The smallest absolute Gasteiger partial charge is 0.235 e. The molecular formula is C28H31N5O3. The summed E-state index contributed by atoms with van der Waals surface area (Å²) in [6.45, 7) is 9.47. The number of carbonyl (C=O) groups excluding carboxylic acids is 1. The Morgan fingerprint density at radius 2 is 1.86 bits per heavy atom. The lowest BCUT2D eigenvalue weighted by Crippen LogP contribution is -2.46. The summed E-state index contributed by atoms with van der Waals surface area (Å²) in [4.78, 5) is 24.6. The fourth-order valence-electron chi connectivity index (χ4n) is 4.62. The molecule has 0 amide bonds. The molecule has 1 fully saturated rings. The number of rotatable bonds is 6. The number of Topliss-reactive ketones (excluding diaryl/α,β-unsaturated/α-hetero) is 1. The van der Waals surface area contributed by atoms with Crippen molar-refractivity contribution in [3.05, 3.63) is 70.9 Å². The molecule has 2 unspecified atom stereocenters. The largest absolute Gasteiger partial charge is 0.438 e. The van der Waals surface area contributed by atoms with Crippen molar-refractivity contribution < 1.29 is 14.3 Å². The van der Waals surface area contributed by atoms with Gasteiger partial charge in [0.25, 0.3) is 0 Å².